The second-order valence-corrected chi connectivity index (χ2v) is 27.0. The highest BCUT2D eigenvalue weighted by molar-refractivity contribution is 7.56. The molecule has 9 aromatic rings. The Labute approximate surface area is 510 Å². The fourth-order valence-electron chi connectivity index (χ4n) is 10.6. The Balaban J connectivity index is 0.778. The van der Waals surface area contributed by atoms with E-state index in [9.17, 15) is 14.4 Å². The van der Waals surface area contributed by atoms with Gasteiger partial charge >= 0.3 is 5.97 Å². The summed E-state index contributed by atoms with van der Waals surface area (Å²) in [5.41, 5.74) is 4.24. The maximum absolute atomic E-state index is 15.3. The average Bonchev–Trinajstić information content (AvgIpc) is 2.18. The summed E-state index contributed by atoms with van der Waals surface area (Å²) in [6, 6.07) is 26.0. The Morgan fingerprint density at radius 1 is 0.573 bits per heavy atom. The van der Waals surface area contributed by atoms with Gasteiger partial charge in [-0.05, 0) is 49.2 Å². The van der Waals surface area contributed by atoms with Crippen molar-refractivity contribution in [2.24, 2.45) is 5.92 Å². The zero-order chi connectivity index (χ0) is 61.8. The minimum absolute atomic E-state index is 0.00956. The van der Waals surface area contributed by atoms with E-state index in [-0.39, 0.29) is 69.1 Å². The lowest BCUT2D eigenvalue weighted by atomic mass is 10.2. The Kier molecular flexibility index (Phi) is 18.1. The summed E-state index contributed by atoms with van der Waals surface area (Å²) in [7, 11) is -7.60. The van der Waals surface area contributed by atoms with Crippen molar-refractivity contribution in [3.05, 3.63) is 145 Å². The minimum Gasteiger partial charge on any atom is -0.459 e. The molecule has 0 aliphatic carbocycles. The molecule has 3 saturated heterocycles. The largest absolute Gasteiger partial charge is 0.459 e. The first-order valence-corrected chi connectivity index (χ1v) is 33.0. The molecule has 12 rings (SSSR count). The van der Waals surface area contributed by atoms with Gasteiger partial charge in [0.25, 0.3) is 26.9 Å². The summed E-state index contributed by atoms with van der Waals surface area (Å²) >= 11 is 0. The number of aromatic nitrogens is 12. The highest BCUT2D eigenvalue weighted by Gasteiger charge is 2.43. The highest BCUT2D eigenvalue weighted by Crippen LogP contribution is 2.52. The third-order valence-electron chi connectivity index (χ3n) is 15.2. The summed E-state index contributed by atoms with van der Waals surface area (Å²) in [5, 5.41) is 12.4. The van der Waals surface area contributed by atoms with Gasteiger partial charge in [-0.25, -0.2) is 54.0 Å². The first-order chi connectivity index (χ1) is 43.0. The predicted molar refractivity (Wildman–Crippen MR) is 326 cm³/mol. The van der Waals surface area contributed by atoms with Crippen molar-refractivity contribution in [3.8, 4) is 0 Å². The van der Waals surface area contributed by atoms with Gasteiger partial charge in [0.2, 0.25) is 5.95 Å². The van der Waals surface area contributed by atoms with Gasteiger partial charge in [0.15, 0.2) is 39.6 Å². The van der Waals surface area contributed by atoms with Gasteiger partial charge in [-0.2, -0.15) is 4.98 Å². The fourth-order valence-corrected chi connectivity index (χ4v) is 13.6. The number of morpholine rings is 3. The molecule has 3 aliphatic rings. The Morgan fingerprint density at radius 2 is 1.04 bits per heavy atom. The molecule has 3 fully saturated rings. The van der Waals surface area contributed by atoms with Crippen LogP contribution in [0.3, 0.4) is 0 Å². The van der Waals surface area contributed by atoms with Crippen molar-refractivity contribution < 1.29 is 51.5 Å². The molecule has 464 valence electrons. The Bertz CT molecular complexity index is 4110. The molecule has 9 heterocycles. The van der Waals surface area contributed by atoms with Crippen LogP contribution in [0.2, 0.25) is 0 Å². The van der Waals surface area contributed by atoms with Gasteiger partial charge in [0.05, 0.1) is 68.8 Å². The number of hydrogen-bond acceptors (Lipinski definition) is 22. The number of rotatable bonds is 21. The molecular weight excluding hydrogens is 1190 g/mol. The van der Waals surface area contributed by atoms with E-state index in [0.717, 1.165) is 0 Å². The molecule has 1 unspecified atom stereocenters. The predicted octanol–water partition coefficient (Wildman–Crippen LogP) is 6.81. The number of aryl methyl sites for hydroxylation is 1. The molecule has 2 amide bonds. The van der Waals surface area contributed by atoms with Crippen molar-refractivity contribution in [3.63, 3.8) is 0 Å². The van der Waals surface area contributed by atoms with Crippen LogP contribution in [0.25, 0.3) is 33.5 Å². The van der Waals surface area contributed by atoms with E-state index in [2.05, 4.69) is 75.0 Å². The summed E-state index contributed by atoms with van der Waals surface area (Å²) in [4.78, 5) is 80.6. The maximum Gasteiger partial charge on any atom is 0.338 e. The molecule has 29 nitrogen and oxygen atoms in total. The molecule has 0 saturated carbocycles. The van der Waals surface area contributed by atoms with Crippen LogP contribution in [0, 0.1) is 12.8 Å². The SMILES string of the molecule is Cc1nc(NCC(C)C)nc2c1ncn2[C@H]1CN([P@@](C)(=O)OCC2CNC[C@H](n3cnc4c(NC(=O)c5ccccc5)ncnc43)O2)C[C@@H](CO[P@](C)(=O)N2C[C@@H](COC(=O)c3ccccc3)O[C@@H](n3cnc4c(NC(=O)c5ccccc5)ncnc43)C2)O1. The van der Waals surface area contributed by atoms with Gasteiger partial charge in [0.1, 0.15) is 49.6 Å². The van der Waals surface area contributed by atoms with E-state index in [1.165, 1.54) is 32.3 Å². The first kappa shape index (κ1) is 60.9. The average molecular weight is 1250 g/mol. The third kappa shape index (κ3) is 13.8. The number of amides is 2. The number of esters is 1. The number of benzene rings is 3. The van der Waals surface area contributed by atoms with E-state index in [0.29, 0.717) is 81.9 Å². The standard InChI is InChI=1S/C58H66N18O11P2/c1-36(2)21-60-58-68-37(3)47-54(71-58)76(33-65-47)46-27-73(88(4,80)83-29-41-22-59-23-44(85-41)74-34-66-48-50(61-31-63-52(48)74)69-55(77)38-15-9-6-10-16-38)25-43(87-46)30-84-89(5,81)72-24-42(28-82-57(79)40-19-13-8-14-20-40)86-45(26-72)75-35-67-49-51(62-32-64-53(49)75)70-56(78)39-17-11-7-12-18-39/h6-20,31-36,41-46,59H,21-30H2,1-5H3,(H,60,68,71)(H,61,63,69,77)(H,62,64,70,78)/t41?,42-,43-,44+,45+,46+,88-,89-/m0/s1. The molecule has 3 aliphatic heterocycles. The number of fused-ring (bicyclic) bond motifs is 3. The van der Waals surface area contributed by atoms with E-state index in [1.807, 2.05) is 19.1 Å². The topological polar surface area (TPSA) is 326 Å². The fraction of sp³-hybridized carbons (Fsp3) is 0.379. The van der Waals surface area contributed by atoms with Gasteiger partial charge in [-0.3, -0.25) is 32.4 Å². The molecule has 31 heteroatoms. The normalized spacial score (nSPS) is 21.6. The number of hydrogen-bond donors (Lipinski definition) is 4. The van der Waals surface area contributed by atoms with Crippen LogP contribution in [0.5, 0.6) is 0 Å². The van der Waals surface area contributed by atoms with Crippen LogP contribution in [0.1, 0.15) is 69.3 Å². The van der Waals surface area contributed by atoms with Gasteiger partial charge in [-0.15, -0.1) is 0 Å². The summed E-state index contributed by atoms with van der Waals surface area (Å²) in [6.45, 7) is 9.93. The molecule has 0 radical (unpaired) electrons. The molecule has 6 aromatic heterocycles. The zero-order valence-corrected chi connectivity index (χ0v) is 51.1. The van der Waals surface area contributed by atoms with E-state index < -0.39 is 63.9 Å². The van der Waals surface area contributed by atoms with Crippen molar-refractivity contribution in [1.29, 1.82) is 0 Å². The van der Waals surface area contributed by atoms with Crippen molar-refractivity contribution >= 4 is 83.9 Å². The molecule has 0 bridgehead atoms. The van der Waals surface area contributed by atoms with Gasteiger partial charge in [0, 0.05) is 57.2 Å². The van der Waals surface area contributed by atoms with Gasteiger partial charge in [-0.1, -0.05) is 68.4 Å². The van der Waals surface area contributed by atoms with Crippen LogP contribution >= 0.6 is 15.0 Å². The van der Waals surface area contributed by atoms with Crippen LogP contribution in [0.4, 0.5) is 17.6 Å². The lowest BCUT2D eigenvalue weighted by molar-refractivity contribution is -0.125. The summed E-state index contributed by atoms with van der Waals surface area (Å²) in [6.07, 6.45) is 2.59. The third-order valence-corrected chi connectivity index (χ3v) is 19.2. The van der Waals surface area contributed by atoms with Crippen LogP contribution in [-0.4, -0.2) is 183 Å². The molecule has 0 spiro atoms. The number of nitrogens with zero attached hydrogens (tertiary/aromatic N) is 14. The minimum atomic E-state index is -3.86. The lowest BCUT2D eigenvalue weighted by Gasteiger charge is -2.42. The summed E-state index contributed by atoms with van der Waals surface area (Å²) < 4.78 is 77.8. The molecule has 89 heavy (non-hydrogen) atoms. The van der Waals surface area contributed by atoms with Crippen LogP contribution < -0.4 is 21.3 Å². The Hall–Kier alpha value is -8.34. The number of anilines is 3. The van der Waals surface area contributed by atoms with Crippen LogP contribution in [-0.2, 0) is 37.1 Å². The van der Waals surface area contributed by atoms with Crippen molar-refractivity contribution in [2.45, 2.75) is 57.8 Å². The lowest BCUT2D eigenvalue weighted by Crippen LogP contribution is -2.48. The summed E-state index contributed by atoms with van der Waals surface area (Å²) in [5.74, 6) is -0.212. The number of imidazole rings is 3. The highest BCUT2D eigenvalue weighted by atomic mass is 31.2. The second-order valence-electron chi connectivity index (χ2n) is 22.2. The molecule has 8 atom stereocenters. The molecule has 4 N–H and O–H groups in total. The zero-order valence-electron chi connectivity index (χ0n) is 49.3. The van der Waals surface area contributed by atoms with E-state index in [1.54, 1.807) is 115 Å². The number of carbonyl (C=O) groups is 3. The second kappa shape index (κ2) is 26.4. The van der Waals surface area contributed by atoms with Crippen molar-refractivity contribution in [2.75, 3.05) is 94.9 Å². The first-order valence-electron chi connectivity index (χ1n) is 28.9. The maximum atomic E-state index is 15.3. The Morgan fingerprint density at radius 3 is 1.58 bits per heavy atom. The van der Waals surface area contributed by atoms with Crippen molar-refractivity contribution in [1.82, 2.24) is 73.2 Å². The quantitative estimate of drug-likeness (QED) is 0.0424. The number of nitrogens with one attached hydrogen (secondary N) is 4. The van der Waals surface area contributed by atoms with Crippen LogP contribution in [0.15, 0.2) is 123 Å². The van der Waals surface area contributed by atoms with E-state index >= 15 is 9.13 Å². The monoisotopic (exact) mass is 1250 g/mol. The number of ether oxygens (including phenoxy) is 4. The van der Waals surface area contributed by atoms with Gasteiger partial charge < -0.3 is 49.3 Å². The number of carbonyl (C=O) groups excluding carboxylic acids is 3. The molecule has 3 aromatic carbocycles. The smallest absolute Gasteiger partial charge is 0.338 e. The molecular formula is C58H66N18O11P2. The van der Waals surface area contributed by atoms with E-state index in [4.69, 9.17) is 33.0 Å².